The monoisotopic (exact) mass is 330 g/mol. The van der Waals surface area contributed by atoms with Crippen LogP contribution in [0.5, 0.6) is 0 Å². The molecule has 0 radical (unpaired) electrons. The Morgan fingerprint density at radius 2 is 2.00 bits per heavy atom. The van der Waals surface area contributed by atoms with Gasteiger partial charge in [-0.1, -0.05) is 6.07 Å². The first-order chi connectivity index (χ1) is 11.1. The second-order valence-corrected chi connectivity index (χ2v) is 5.82. The zero-order valence-electron chi connectivity index (χ0n) is 11.9. The SMILES string of the molecule is O=C(NCc1cncc(-c2cccs2)c1)c1ccc(F)c(F)c1. The van der Waals surface area contributed by atoms with Crippen molar-refractivity contribution in [3.8, 4) is 10.4 Å². The van der Waals surface area contributed by atoms with Gasteiger partial charge < -0.3 is 5.32 Å². The molecule has 2 aromatic heterocycles. The van der Waals surface area contributed by atoms with E-state index in [9.17, 15) is 13.6 Å². The van der Waals surface area contributed by atoms with Crippen molar-refractivity contribution in [2.45, 2.75) is 6.54 Å². The molecule has 0 spiro atoms. The highest BCUT2D eigenvalue weighted by Gasteiger charge is 2.10. The highest BCUT2D eigenvalue weighted by molar-refractivity contribution is 7.13. The summed E-state index contributed by atoms with van der Waals surface area (Å²) in [4.78, 5) is 17.2. The molecule has 3 aromatic rings. The van der Waals surface area contributed by atoms with Crippen molar-refractivity contribution in [3.63, 3.8) is 0 Å². The van der Waals surface area contributed by atoms with Gasteiger partial charge in [-0.15, -0.1) is 11.3 Å². The Hall–Kier alpha value is -2.60. The van der Waals surface area contributed by atoms with Gasteiger partial charge in [-0.05, 0) is 41.3 Å². The first-order valence-corrected chi connectivity index (χ1v) is 7.72. The largest absolute Gasteiger partial charge is 0.348 e. The average molecular weight is 330 g/mol. The molecule has 0 aliphatic carbocycles. The molecule has 0 aliphatic rings. The highest BCUT2D eigenvalue weighted by Crippen LogP contribution is 2.24. The van der Waals surface area contributed by atoms with Crippen LogP contribution in [0, 0.1) is 11.6 Å². The molecule has 3 nitrogen and oxygen atoms in total. The van der Waals surface area contributed by atoms with E-state index in [-0.39, 0.29) is 12.1 Å². The van der Waals surface area contributed by atoms with E-state index in [1.807, 2.05) is 23.6 Å². The molecular formula is C17H12F2N2OS. The van der Waals surface area contributed by atoms with E-state index >= 15 is 0 Å². The van der Waals surface area contributed by atoms with Gasteiger partial charge >= 0.3 is 0 Å². The molecule has 6 heteroatoms. The number of pyridine rings is 1. The minimum absolute atomic E-state index is 0.0753. The highest BCUT2D eigenvalue weighted by atomic mass is 32.1. The molecule has 0 bridgehead atoms. The number of halogens is 2. The summed E-state index contributed by atoms with van der Waals surface area (Å²) < 4.78 is 26.0. The predicted octanol–water partition coefficient (Wildman–Crippen LogP) is 4.02. The Morgan fingerprint density at radius 3 is 2.74 bits per heavy atom. The minimum Gasteiger partial charge on any atom is -0.348 e. The van der Waals surface area contributed by atoms with E-state index in [0.717, 1.165) is 28.1 Å². The maximum Gasteiger partial charge on any atom is 0.251 e. The summed E-state index contributed by atoms with van der Waals surface area (Å²) in [6, 6.07) is 8.94. The Morgan fingerprint density at radius 1 is 1.13 bits per heavy atom. The number of carbonyl (C=O) groups is 1. The lowest BCUT2D eigenvalue weighted by Gasteiger charge is -2.07. The normalized spacial score (nSPS) is 10.5. The molecule has 23 heavy (non-hydrogen) atoms. The standard InChI is InChI=1S/C17H12F2N2OS/c18-14-4-3-12(7-15(14)19)17(22)21-9-11-6-13(10-20-8-11)16-2-1-5-23-16/h1-8,10H,9H2,(H,21,22). The van der Waals surface area contributed by atoms with Crippen molar-refractivity contribution in [1.82, 2.24) is 10.3 Å². The molecule has 2 heterocycles. The average Bonchev–Trinajstić information content (AvgIpc) is 3.10. The molecule has 0 saturated carbocycles. The van der Waals surface area contributed by atoms with Gasteiger partial charge in [0.1, 0.15) is 0 Å². The van der Waals surface area contributed by atoms with Gasteiger partial charge in [0, 0.05) is 34.9 Å². The molecule has 3 rings (SSSR count). The van der Waals surface area contributed by atoms with Crippen molar-refractivity contribution < 1.29 is 13.6 Å². The maximum atomic E-state index is 13.1. The maximum absolute atomic E-state index is 13.1. The topological polar surface area (TPSA) is 42.0 Å². The van der Waals surface area contributed by atoms with Crippen LogP contribution >= 0.6 is 11.3 Å². The van der Waals surface area contributed by atoms with Crippen molar-refractivity contribution in [2.24, 2.45) is 0 Å². The van der Waals surface area contributed by atoms with Gasteiger partial charge in [0.2, 0.25) is 0 Å². The van der Waals surface area contributed by atoms with Crippen molar-refractivity contribution in [1.29, 1.82) is 0 Å². The molecule has 0 unspecified atom stereocenters. The summed E-state index contributed by atoms with van der Waals surface area (Å²) >= 11 is 1.60. The van der Waals surface area contributed by atoms with Gasteiger partial charge in [-0.25, -0.2) is 8.78 Å². The smallest absolute Gasteiger partial charge is 0.251 e. The quantitative estimate of drug-likeness (QED) is 0.785. The lowest BCUT2D eigenvalue weighted by atomic mass is 10.1. The summed E-state index contributed by atoms with van der Waals surface area (Å²) in [7, 11) is 0. The van der Waals surface area contributed by atoms with Crippen LogP contribution in [0.25, 0.3) is 10.4 Å². The molecule has 1 N–H and O–H groups in total. The van der Waals surface area contributed by atoms with Crippen LogP contribution in [0.2, 0.25) is 0 Å². The van der Waals surface area contributed by atoms with Gasteiger partial charge in [0.15, 0.2) is 11.6 Å². The number of thiophene rings is 1. The summed E-state index contributed by atoms with van der Waals surface area (Å²) in [5.74, 6) is -2.49. The fraction of sp³-hybridized carbons (Fsp3) is 0.0588. The Kier molecular flexibility index (Phi) is 4.43. The Labute approximate surface area is 135 Å². The third-order valence-electron chi connectivity index (χ3n) is 3.24. The number of hydrogen-bond donors (Lipinski definition) is 1. The number of nitrogens with one attached hydrogen (secondary N) is 1. The van der Waals surface area contributed by atoms with Crippen LogP contribution in [-0.4, -0.2) is 10.9 Å². The molecule has 116 valence electrons. The lowest BCUT2D eigenvalue weighted by molar-refractivity contribution is 0.0950. The fourth-order valence-electron chi connectivity index (χ4n) is 2.08. The van der Waals surface area contributed by atoms with Crippen LogP contribution in [0.4, 0.5) is 8.78 Å². The third kappa shape index (κ3) is 3.60. The summed E-state index contributed by atoms with van der Waals surface area (Å²) in [5, 5.41) is 4.65. The van der Waals surface area contributed by atoms with Crippen LogP contribution in [0.3, 0.4) is 0 Å². The van der Waals surface area contributed by atoms with Gasteiger partial charge in [0.05, 0.1) is 0 Å². The fourth-order valence-corrected chi connectivity index (χ4v) is 2.79. The Balaban J connectivity index is 1.69. The molecule has 0 fully saturated rings. The molecular weight excluding hydrogens is 318 g/mol. The van der Waals surface area contributed by atoms with Gasteiger partial charge in [-0.2, -0.15) is 0 Å². The van der Waals surface area contributed by atoms with E-state index in [1.165, 1.54) is 6.07 Å². The second kappa shape index (κ2) is 6.66. The number of nitrogens with zero attached hydrogens (tertiary/aromatic N) is 1. The summed E-state index contributed by atoms with van der Waals surface area (Å²) in [5.41, 5.74) is 1.87. The van der Waals surface area contributed by atoms with E-state index in [1.54, 1.807) is 23.7 Å². The molecule has 1 amide bonds. The van der Waals surface area contributed by atoms with Crippen molar-refractivity contribution in [2.75, 3.05) is 0 Å². The molecule has 0 saturated heterocycles. The second-order valence-electron chi connectivity index (χ2n) is 4.87. The Bertz CT molecular complexity index is 834. The number of benzene rings is 1. The van der Waals surface area contributed by atoms with Crippen molar-refractivity contribution >= 4 is 17.2 Å². The summed E-state index contributed by atoms with van der Waals surface area (Å²) in [6.45, 7) is 0.254. The predicted molar refractivity (Wildman–Crippen MR) is 85.1 cm³/mol. The van der Waals surface area contributed by atoms with Crippen molar-refractivity contribution in [3.05, 3.63) is 76.9 Å². The molecule has 0 atom stereocenters. The molecule has 1 aromatic carbocycles. The zero-order valence-corrected chi connectivity index (χ0v) is 12.7. The van der Waals surface area contributed by atoms with Crippen LogP contribution in [0.1, 0.15) is 15.9 Å². The first-order valence-electron chi connectivity index (χ1n) is 6.84. The van der Waals surface area contributed by atoms with E-state index < -0.39 is 17.5 Å². The van der Waals surface area contributed by atoms with Crippen LogP contribution in [0.15, 0.2) is 54.2 Å². The number of amides is 1. The van der Waals surface area contributed by atoms with Gasteiger partial charge in [-0.3, -0.25) is 9.78 Å². The van der Waals surface area contributed by atoms with E-state index in [4.69, 9.17) is 0 Å². The number of hydrogen-bond acceptors (Lipinski definition) is 3. The minimum atomic E-state index is -1.04. The number of carbonyl (C=O) groups excluding carboxylic acids is 1. The van der Waals surface area contributed by atoms with Gasteiger partial charge in [0.25, 0.3) is 5.91 Å². The number of rotatable bonds is 4. The lowest BCUT2D eigenvalue weighted by Crippen LogP contribution is -2.23. The first kappa shape index (κ1) is 15.3. The zero-order chi connectivity index (χ0) is 16.2. The van der Waals surface area contributed by atoms with Crippen LogP contribution < -0.4 is 5.32 Å². The van der Waals surface area contributed by atoms with E-state index in [2.05, 4.69) is 10.3 Å². The number of aromatic nitrogens is 1. The third-order valence-corrected chi connectivity index (χ3v) is 4.15. The van der Waals surface area contributed by atoms with E-state index in [0.29, 0.717) is 0 Å². The molecule has 0 aliphatic heterocycles. The van der Waals surface area contributed by atoms with Crippen LogP contribution in [-0.2, 0) is 6.54 Å². The summed E-state index contributed by atoms with van der Waals surface area (Å²) in [6.07, 6.45) is 3.41.